The molecule has 1 saturated heterocycles. The van der Waals surface area contributed by atoms with Crippen LogP contribution in [0, 0.1) is 5.92 Å². The summed E-state index contributed by atoms with van der Waals surface area (Å²) >= 11 is 0. The monoisotopic (exact) mass is 326 g/mol. The highest BCUT2D eigenvalue weighted by molar-refractivity contribution is 6.07. The lowest BCUT2D eigenvalue weighted by atomic mass is 10.1. The maximum atomic E-state index is 12.4. The van der Waals surface area contributed by atoms with Crippen molar-refractivity contribution in [1.82, 2.24) is 5.32 Å². The smallest absolute Gasteiger partial charge is 0.325 e. The van der Waals surface area contributed by atoms with Crippen LogP contribution in [0.4, 0.5) is 5.69 Å². The molecule has 6 heteroatoms. The number of anilines is 1. The van der Waals surface area contributed by atoms with Crippen molar-refractivity contribution in [2.45, 2.75) is 19.4 Å². The number of amides is 2. The predicted octanol–water partition coefficient (Wildman–Crippen LogP) is 1.78. The lowest BCUT2D eigenvalue weighted by molar-refractivity contribution is -0.141. The third-order valence-corrected chi connectivity index (χ3v) is 4.28. The number of carbonyl (C=O) groups excluding carboxylic acids is 2. The van der Waals surface area contributed by atoms with Crippen LogP contribution < -0.4 is 10.2 Å². The van der Waals surface area contributed by atoms with Gasteiger partial charge in [-0.15, -0.1) is 0 Å². The van der Waals surface area contributed by atoms with Crippen molar-refractivity contribution < 1.29 is 19.5 Å². The molecule has 124 valence electrons. The van der Waals surface area contributed by atoms with Crippen LogP contribution in [0.2, 0.25) is 0 Å². The van der Waals surface area contributed by atoms with Crippen molar-refractivity contribution in [3.8, 4) is 0 Å². The number of nitrogens with zero attached hydrogens (tertiary/aromatic N) is 1. The van der Waals surface area contributed by atoms with Crippen molar-refractivity contribution in [2.24, 2.45) is 5.92 Å². The molecular weight excluding hydrogens is 308 g/mol. The van der Waals surface area contributed by atoms with Gasteiger partial charge < -0.3 is 15.3 Å². The largest absolute Gasteiger partial charge is 0.480 e. The molecule has 6 nitrogen and oxygen atoms in total. The quantitative estimate of drug-likeness (QED) is 0.897. The van der Waals surface area contributed by atoms with Gasteiger partial charge in [-0.3, -0.25) is 14.4 Å². The molecular formula is C18H18N2O4. The van der Waals surface area contributed by atoms with E-state index in [0.717, 1.165) is 16.5 Å². The lowest BCUT2D eigenvalue weighted by Gasteiger charge is -2.19. The number of hydrogen-bond donors (Lipinski definition) is 2. The Balaban J connectivity index is 1.82. The second kappa shape index (κ2) is 6.31. The number of benzene rings is 2. The van der Waals surface area contributed by atoms with Crippen molar-refractivity contribution in [1.29, 1.82) is 0 Å². The number of carboxylic acid groups (broad SMARTS) is 1. The van der Waals surface area contributed by atoms with Crippen molar-refractivity contribution in [3.63, 3.8) is 0 Å². The summed E-state index contributed by atoms with van der Waals surface area (Å²) in [5.41, 5.74) is 0.777. The molecule has 0 radical (unpaired) electrons. The maximum absolute atomic E-state index is 12.4. The minimum absolute atomic E-state index is 0.0847. The fraction of sp³-hybridized carbons (Fsp3) is 0.278. The molecule has 0 saturated carbocycles. The fourth-order valence-corrected chi connectivity index (χ4v) is 2.95. The highest BCUT2D eigenvalue weighted by Gasteiger charge is 2.36. The molecule has 2 aromatic rings. The summed E-state index contributed by atoms with van der Waals surface area (Å²) < 4.78 is 0. The van der Waals surface area contributed by atoms with Crippen molar-refractivity contribution in [2.75, 3.05) is 11.4 Å². The second-order valence-electron chi connectivity index (χ2n) is 5.97. The fourth-order valence-electron chi connectivity index (χ4n) is 2.95. The van der Waals surface area contributed by atoms with E-state index >= 15 is 0 Å². The summed E-state index contributed by atoms with van der Waals surface area (Å²) in [6.45, 7) is 1.66. The van der Waals surface area contributed by atoms with Crippen LogP contribution >= 0.6 is 0 Å². The summed E-state index contributed by atoms with van der Waals surface area (Å²) in [5, 5.41) is 13.3. The zero-order chi connectivity index (χ0) is 17.3. The molecule has 0 aromatic heterocycles. The summed E-state index contributed by atoms with van der Waals surface area (Å²) in [4.78, 5) is 37.0. The second-order valence-corrected chi connectivity index (χ2v) is 5.97. The predicted molar refractivity (Wildman–Crippen MR) is 89.6 cm³/mol. The molecule has 24 heavy (non-hydrogen) atoms. The molecule has 0 aliphatic carbocycles. The Hall–Kier alpha value is -2.89. The van der Waals surface area contributed by atoms with Gasteiger partial charge in [-0.05, 0) is 18.4 Å². The normalized spacial score (nSPS) is 18.6. The molecule has 2 N–H and O–H groups in total. The van der Waals surface area contributed by atoms with E-state index in [0.29, 0.717) is 0 Å². The SMILES string of the molecule is C[C@@H](NC(=O)C1CC(=O)N(c2cccc3ccccc23)C1)C(=O)O. The standard InChI is InChI=1S/C18H18N2O4/c1-11(18(23)24)19-17(22)13-9-16(21)20(10-13)15-8-4-6-12-5-2-3-7-14(12)15/h2-8,11,13H,9-10H2,1H3,(H,19,22)(H,23,24)/t11-,13?/m1/s1. The van der Waals surface area contributed by atoms with E-state index in [2.05, 4.69) is 5.32 Å². The molecule has 0 bridgehead atoms. The van der Waals surface area contributed by atoms with E-state index in [-0.39, 0.29) is 18.9 Å². The first-order valence-corrected chi connectivity index (χ1v) is 7.78. The van der Waals surface area contributed by atoms with Gasteiger partial charge in [0.2, 0.25) is 11.8 Å². The minimum atomic E-state index is -1.10. The number of aliphatic carboxylic acids is 1. The van der Waals surface area contributed by atoms with Gasteiger partial charge in [0.1, 0.15) is 6.04 Å². The Kier molecular flexibility index (Phi) is 4.20. The number of fused-ring (bicyclic) bond motifs is 1. The highest BCUT2D eigenvalue weighted by Crippen LogP contribution is 2.31. The van der Waals surface area contributed by atoms with Crippen molar-refractivity contribution >= 4 is 34.2 Å². The first-order valence-electron chi connectivity index (χ1n) is 7.78. The zero-order valence-corrected chi connectivity index (χ0v) is 13.2. The van der Waals surface area contributed by atoms with E-state index in [1.165, 1.54) is 6.92 Å². The number of carboxylic acids is 1. The summed E-state index contributed by atoms with van der Waals surface area (Å²) in [6, 6.07) is 12.5. The molecule has 0 spiro atoms. The van der Waals surface area contributed by atoms with E-state index in [9.17, 15) is 14.4 Å². The number of hydrogen-bond acceptors (Lipinski definition) is 3. The van der Waals surface area contributed by atoms with E-state index < -0.39 is 23.8 Å². The average molecular weight is 326 g/mol. The van der Waals surface area contributed by atoms with Crippen LogP contribution in [0.3, 0.4) is 0 Å². The number of rotatable bonds is 4. The maximum Gasteiger partial charge on any atom is 0.325 e. The third kappa shape index (κ3) is 2.95. The lowest BCUT2D eigenvalue weighted by Crippen LogP contribution is -2.42. The number of carbonyl (C=O) groups is 3. The third-order valence-electron chi connectivity index (χ3n) is 4.28. The van der Waals surface area contributed by atoms with Crippen LogP contribution in [0.1, 0.15) is 13.3 Å². The van der Waals surface area contributed by atoms with Gasteiger partial charge in [0.15, 0.2) is 0 Å². The highest BCUT2D eigenvalue weighted by atomic mass is 16.4. The molecule has 1 aliphatic heterocycles. The summed E-state index contributed by atoms with van der Waals surface area (Å²) in [6.07, 6.45) is 0.0847. The summed E-state index contributed by atoms with van der Waals surface area (Å²) in [7, 11) is 0. The van der Waals surface area contributed by atoms with E-state index in [1.54, 1.807) is 4.90 Å². The van der Waals surface area contributed by atoms with Gasteiger partial charge >= 0.3 is 5.97 Å². The molecule has 1 fully saturated rings. The van der Waals surface area contributed by atoms with Gasteiger partial charge in [0.25, 0.3) is 0 Å². The van der Waals surface area contributed by atoms with Gasteiger partial charge in [0, 0.05) is 18.4 Å². The van der Waals surface area contributed by atoms with E-state index in [4.69, 9.17) is 5.11 Å². The van der Waals surface area contributed by atoms with Crippen molar-refractivity contribution in [3.05, 3.63) is 42.5 Å². The molecule has 2 amide bonds. The topological polar surface area (TPSA) is 86.7 Å². The van der Waals surface area contributed by atoms with Crippen LogP contribution in [0.15, 0.2) is 42.5 Å². The Morgan fingerprint density at radius 3 is 2.67 bits per heavy atom. The van der Waals surface area contributed by atoms with Gasteiger partial charge in [-0.25, -0.2) is 0 Å². The zero-order valence-electron chi connectivity index (χ0n) is 13.2. The van der Waals surface area contributed by atoms with Crippen LogP contribution in [0.5, 0.6) is 0 Å². The Morgan fingerprint density at radius 1 is 1.21 bits per heavy atom. The number of nitrogens with one attached hydrogen (secondary N) is 1. The first-order chi connectivity index (χ1) is 11.5. The average Bonchev–Trinajstić information content (AvgIpc) is 2.96. The molecule has 3 rings (SSSR count). The Bertz CT molecular complexity index is 812. The molecule has 2 aromatic carbocycles. The summed E-state index contributed by atoms with van der Waals surface area (Å²) in [5.74, 6) is -2.17. The molecule has 2 atom stereocenters. The Labute approximate surface area is 139 Å². The molecule has 1 aliphatic rings. The van der Waals surface area contributed by atoms with Crippen LogP contribution in [0.25, 0.3) is 10.8 Å². The van der Waals surface area contributed by atoms with Crippen LogP contribution in [-0.4, -0.2) is 35.5 Å². The van der Waals surface area contributed by atoms with Gasteiger partial charge in [-0.1, -0.05) is 36.4 Å². The minimum Gasteiger partial charge on any atom is -0.480 e. The molecule has 1 unspecified atom stereocenters. The first kappa shape index (κ1) is 16.0. The van der Waals surface area contributed by atoms with Crippen LogP contribution in [-0.2, 0) is 14.4 Å². The Morgan fingerprint density at radius 2 is 1.92 bits per heavy atom. The van der Waals surface area contributed by atoms with Gasteiger partial charge in [0.05, 0.1) is 11.6 Å². The van der Waals surface area contributed by atoms with Gasteiger partial charge in [-0.2, -0.15) is 0 Å². The van der Waals surface area contributed by atoms with E-state index in [1.807, 2.05) is 42.5 Å². The molecule has 1 heterocycles.